The van der Waals surface area contributed by atoms with E-state index < -0.39 is 0 Å². The molecule has 0 fully saturated rings. The lowest BCUT2D eigenvalue weighted by atomic mass is 10.1. The normalized spacial score (nSPS) is 11.3. The Kier molecular flexibility index (Phi) is 27.2. The van der Waals surface area contributed by atoms with Gasteiger partial charge in [0, 0.05) is 12.8 Å². The van der Waals surface area contributed by atoms with E-state index in [0.29, 0.717) is 25.2 Å². The summed E-state index contributed by atoms with van der Waals surface area (Å²) in [5.74, 6) is 0.541. The monoisotopic (exact) mass is 616 g/mol. The third-order valence-electron chi connectivity index (χ3n) is 8.49. The molecule has 1 aromatic carbocycles. The van der Waals surface area contributed by atoms with Gasteiger partial charge < -0.3 is 14.4 Å². The van der Waals surface area contributed by atoms with E-state index in [2.05, 4.69) is 37.8 Å². The molecular weight excluding hydrogens is 546 g/mol. The second kappa shape index (κ2) is 29.8. The third kappa shape index (κ3) is 24.4. The van der Waals surface area contributed by atoms with Crippen LogP contribution in [-0.2, 0) is 20.7 Å². The van der Waals surface area contributed by atoms with E-state index >= 15 is 0 Å². The zero-order valence-electron chi connectivity index (χ0n) is 29.2. The van der Waals surface area contributed by atoms with Gasteiger partial charge in [0.25, 0.3) is 0 Å². The van der Waals surface area contributed by atoms with Gasteiger partial charge in [-0.25, -0.2) is 0 Å². The molecule has 0 aliphatic rings. The Morgan fingerprint density at radius 3 is 1.61 bits per heavy atom. The Bertz CT molecular complexity index is 794. The van der Waals surface area contributed by atoms with Gasteiger partial charge in [-0.05, 0) is 88.7 Å². The van der Waals surface area contributed by atoms with Gasteiger partial charge in [-0.2, -0.15) is 0 Å². The molecule has 0 spiro atoms. The number of nitrogens with zero attached hydrogens (tertiary/aromatic N) is 1. The predicted octanol–water partition coefficient (Wildman–Crippen LogP) is 11.0. The fraction of sp³-hybridized carbons (Fsp3) is 0.795. The molecule has 0 aliphatic heterocycles. The van der Waals surface area contributed by atoms with Gasteiger partial charge in [-0.1, -0.05) is 123 Å². The topological polar surface area (TPSA) is 55.8 Å². The van der Waals surface area contributed by atoms with Gasteiger partial charge in [0.15, 0.2) is 0 Å². The Morgan fingerprint density at radius 1 is 0.523 bits per heavy atom. The average molecular weight is 616 g/mol. The Balaban J connectivity index is 1.97. The van der Waals surface area contributed by atoms with E-state index in [1.807, 2.05) is 12.1 Å². The minimum absolute atomic E-state index is 0.0105. The van der Waals surface area contributed by atoms with E-state index in [0.717, 1.165) is 38.5 Å². The Morgan fingerprint density at radius 2 is 1.02 bits per heavy atom. The lowest BCUT2D eigenvalue weighted by Crippen LogP contribution is -2.27. The van der Waals surface area contributed by atoms with Crippen molar-refractivity contribution in [2.75, 3.05) is 26.2 Å². The highest BCUT2D eigenvalue weighted by atomic mass is 16.5. The standard InChI is InChI=1S/C39H69NO4/c1-4-7-9-10-11-18-24-35-43-38(41)26-20-14-12-16-22-33-40(32-6-3)34-23-17-13-15-21-27-39(42)44-37-30-28-36(29-31-37)25-19-8-5-2/h28-31H,4-27,32-35H2,1-3H3. The molecule has 0 radical (unpaired) electrons. The molecule has 0 saturated heterocycles. The van der Waals surface area contributed by atoms with E-state index in [1.165, 1.54) is 128 Å². The summed E-state index contributed by atoms with van der Waals surface area (Å²) in [6, 6.07) is 8.02. The van der Waals surface area contributed by atoms with Crippen molar-refractivity contribution >= 4 is 11.9 Å². The van der Waals surface area contributed by atoms with Crippen molar-refractivity contribution in [1.82, 2.24) is 4.90 Å². The van der Waals surface area contributed by atoms with Crippen molar-refractivity contribution in [3.63, 3.8) is 0 Å². The van der Waals surface area contributed by atoms with Crippen molar-refractivity contribution in [1.29, 1.82) is 0 Å². The molecule has 5 nitrogen and oxygen atoms in total. The molecule has 0 heterocycles. The van der Waals surface area contributed by atoms with Crippen LogP contribution in [0.25, 0.3) is 0 Å². The molecule has 5 heteroatoms. The number of hydrogen-bond donors (Lipinski definition) is 0. The van der Waals surface area contributed by atoms with E-state index in [-0.39, 0.29) is 11.9 Å². The minimum Gasteiger partial charge on any atom is -0.466 e. The summed E-state index contributed by atoms with van der Waals surface area (Å²) in [5.41, 5.74) is 1.32. The number of unbranched alkanes of at least 4 members (excludes halogenated alkanes) is 16. The zero-order chi connectivity index (χ0) is 31.9. The smallest absolute Gasteiger partial charge is 0.311 e. The zero-order valence-corrected chi connectivity index (χ0v) is 29.2. The first-order chi connectivity index (χ1) is 21.6. The number of carbonyl (C=O) groups is 2. The van der Waals surface area contributed by atoms with E-state index in [4.69, 9.17) is 9.47 Å². The first-order valence-corrected chi connectivity index (χ1v) is 18.8. The SMILES string of the molecule is CCCCCCCCCOC(=O)CCCCCCCN(CCC)CCCCCCCC(=O)Oc1ccc(CCCCC)cc1. The molecule has 0 aliphatic carbocycles. The summed E-state index contributed by atoms with van der Waals surface area (Å²) >= 11 is 0. The van der Waals surface area contributed by atoms with Crippen molar-refractivity contribution in [3.05, 3.63) is 29.8 Å². The highest BCUT2D eigenvalue weighted by Crippen LogP contribution is 2.16. The van der Waals surface area contributed by atoms with Crippen molar-refractivity contribution in [2.45, 2.75) is 175 Å². The molecule has 0 unspecified atom stereocenters. The van der Waals surface area contributed by atoms with Crippen molar-refractivity contribution in [3.8, 4) is 5.75 Å². The summed E-state index contributed by atoms with van der Waals surface area (Å²) in [7, 11) is 0. The average Bonchev–Trinajstić information content (AvgIpc) is 3.02. The maximum Gasteiger partial charge on any atom is 0.311 e. The molecule has 254 valence electrons. The van der Waals surface area contributed by atoms with Crippen LogP contribution in [0.15, 0.2) is 24.3 Å². The second-order valence-corrected chi connectivity index (χ2v) is 12.8. The Labute approximate surface area is 272 Å². The number of carbonyl (C=O) groups excluding carboxylic acids is 2. The highest BCUT2D eigenvalue weighted by Gasteiger charge is 2.07. The number of rotatable bonds is 31. The third-order valence-corrected chi connectivity index (χ3v) is 8.49. The maximum absolute atomic E-state index is 12.2. The summed E-state index contributed by atoms with van der Waals surface area (Å²) < 4.78 is 10.9. The molecular formula is C39H69NO4. The lowest BCUT2D eigenvalue weighted by molar-refractivity contribution is -0.144. The van der Waals surface area contributed by atoms with Gasteiger partial charge in [-0.15, -0.1) is 0 Å². The van der Waals surface area contributed by atoms with Crippen LogP contribution in [0.2, 0.25) is 0 Å². The molecule has 0 bridgehead atoms. The quantitative estimate of drug-likeness (QED) is 0.0472. The van der Waals surface area contributed by atoms with Crippen LogP contribution < -0.4 is 4.74 Å². The maximum atomic E-state index is 12.2. The predicted molar refractivity (Wildman–Crippen MR) is 186 cm³/mol. The fourth-order valence-corrected chi connectivity index (χ4v) is 5.72. The van der Waals surface area contributed by atoms with E-state index in [9.17, 15) is 9.59 Å². The number of hydrogen-bond acceptors (Lipinski definition) is 5. The summed E-state index contributed by atoms with van der Waals surface area (Å²) in [4.78, 5) is 26.8. The summed E-state index contributed by atoms with van der Waals surface area (Å²) in [6.07, 6.45) is 27.2. The van der Waals surface area contributed by atoms with Gasteiger partial charge in [0.1, 0.15) is 5.75 Å². The van der Waals surface area contributed by atoms with Crippen LogP contribution in [0.4, 0.5) is 0 Å². The molecule has 1 rings (SSSR count). The largest absolute Gasteiger partial charge is 0.466 e. The molecule has 0 atom stereocenters. The number of esters is 2. The summed E-state index contributed by atoms with van der Waals surface area (Å²) in [6.45, 7) is 10.9. The molecule has 0 N–H and O–H groups in total. The molecule has 0 saturated carbocycles. The highest BCUT2D eigenvalue weighted by molar-refractivity contribution is 5.72. The van der Waals surface area contributed by atoms with Crippen molar-refractivity contribution < 1.29 is 19.1 Å². The van der Waals surface area contributed by atoms with E-state index in [1.54, 1.807) is 0 Å². The summed E-state index contributed by atoms with van der Waals surface area (Å²) in [5, 5.41) is 0. The first-order valence-electron chi connectivity index (χ1n) is 18.8. The first kappa shape index (κ1) is 40.1. The molecule has 44 heavy (non-hydrogen) atoms. The van der Waals surface area contributed by atoms with Crippen molar-refractivity contribution in [2.24, 2.45) is 0 Å². The molecule has 0 aromatic heterocycles. The van der Waals surface area contributed by atoms with Gasteiger partial charge in [0.05, 0.1) is 6.61 Å². The number of benzene rings is 1. The van der Waals surface area contributed by atoms with Crippen LogP contribution >= 0.6 is 0 Å². The van der Waals surface area contributed by atoms with Crippen LogP contribution in [0.3, 0.4) is 0 Å². The fourth-order valence-electron chi connectivity index (χ4n) is 5.72. The second-order valence-electron chi connectivity index (χ2n) is 12.8. The van der Waals surface area contributed by atoms with Crippen LogP contribution in [0, 0.1) is 0 Å². The van der Waals surface area contributed by atoms with Gasteiger partial charge in [0.2, 0.25) is 0 Å². The molecule has 0 amide bonds. The van der Waals surface area contributed by atoms with Crippen LogP contribution in [0.1, 0.15) is 174 Å². The number of aryl methyl sites for hydroxylation is 1. The molecule has 1 aromatic rings. The Hall–Kier alpha value is -1.88. The van der Waals surface area contributed by atoms with Crippen LogP contribution in [0.5, 0.6) is 5.75 Å². The number of ether oxygens (including phenoxy) is 2. The van der Waals surface area contributed by atoms with Gasteiger partial charge in [-0.3, -0.25) is 9.59 Å². The lowest BCUT2D eigenvalue weighted by Gasteiger charge is -2.21. The van der Waals surface area contributed by atoms with Crippen LogP contribution in [-0.4, -0.2) is 43.1 Å². The minimum atomic E-state index is -0.114. The van der Waals surface area contributed by atoms with Gasteiger partial charge >= 0.3 is 11.9 Å².